The van der Waals surface area contributed by atoms with Crippen LogP contribution in [0.3, 0.4) is 0 Å². The molecule has 0 spiro atoms. The van der Waals surface area contributed by atoms with Gasteiger partial charge in [-0.2, -0.15) is 0 Å². The van der Waals surface area contributed by atoms with E-state index in [0.29, 0.717) is 6.42 Å². The lowest BCUT2D eigenvalue weighted by atomic mass is 10.1. The molecule has 6 heteroatoms. The predicted octanol–water partition coefficient (Wildman–Crippen LogP) is -0.302. The van der Waals surface area contributed by atoms with Gasteiger partial charge in [0.1, 0.15) is 12.2 Å². The van der Waals surface area contributed by atoms with Crippen molar-refractivity contribution in [3.05, 3.63) is 0 Å². The number of carboxylic acids is 1. The van der Waals surface area contributed by atoms with Gasteiger partial charge in [0.15, 0.2) is 18.2 Å². The summed E-state index contributed by atoms with van der Waals surface area (Å²) >= 11 is 0. The van der Waals surface area contributed by atoms with E-state index in [4.69, 9.17) is 19.3 Å². The van der Waals surface area contributed by atoms with Gasteiger partial charge in [0.2, 0.25) is 0 Å². The molecule has 0 amide bonds. The van der Waals surface area contributed by atoms with Crippen molar-refractivity contribution in [3.8, 4) is 0 Å². The maximum atomic E-state index is 10.5. The molecule has 0 aromatic rings. The molecule has 0 bridgehead atoms. The maximum absolute atomic E-state index is 10.5. The number of hydrogen-bond acceptors (Lipinski definition) is 5. The van der Waals surface area contributed by atoms with Crippen molar-refractivity contribution in [2.24, 2.45) is 0 Å². The first-order valence-corrected chi connectivity index (χ1v) is 4.81. The molecule has 86 valence electrons. The molecule has 2 N–H and O–H groups in total. The third-order valence-corrected chi connectivity index (χ3v) is 2.52. The van der Waals surface area contributed by atoms with Gasteiger partial charge < -0.3 is 24.4 Å². The summed E-state index contributed by atoms with van der Waals surface area (Å²) in [5.74, 6) is -1.99. The molecule has 6 nitrogen and oxygen atoms in total. The molecule has 2 aliphatic heterocycles. The number of aliphatic hydroxyl groups is 1. The Labute approximate surface area is 86.7 Å². The highest BCUT2D eigenvalue weighted by molar-refractivity contribution is 5.72. The summed E-state index contributed by atoms with van der Waals surface area (Å²) in [6.45, 7) is 3.52. The van der Waals surface area contributed by atoms with Crippen LogP contribution in [0.2, 0.25) is 0 Å². The van der Waals surface area contributed by atoms with Crippen molar-refractivity contribution < 1.29 is 29.2 Å². The first-order valence-electron chi connectivity index (χ1n) is 4.81. The summed E-state index contributed by atoms with van der Waals surface area (Å²) in [5, 5.41) is 17.9. The van der Waals surface area contributed by atoms with Crippen LogP contribution in [0, 0.1) is 0 Å². The van der Waals surface area contributed by atoms with Gasteiger partial charge in [0.05, 0.1) is 0 Å². The molecular weight excluding hydrogens is 204 g/mol. The van der Waals surface area contributed by atoms with Crippen LogP contribution in [0.15, 0.2) is 0 Å². The Morgan fingerprint density at radius 2 is 2.13 bits per heavy atom. The van der Waals surface area contributed by atoms with Crippen LogP contribution in [0.4, 0.5) is 0 Å². The van der Waals surface area contributed by atoms with Crippen molar-refractivity contribution in [3.63, 3.8) is 0 Å². The highest BCUT2D eigenvalue weighted by Gasteiger charge is 2.51. The molecule has 1 unspecified atom stereocenters. The molecular formula is C9H14O6. The lowest BCUT2D eigenvalue weighted by Crippen LogP contribution is -2.35. The molecule has 0 aromatic heterocycles. The lowest BCUT2D eigenvalue weighted by molar-refractivity contribution is -0.215. The Balaban J connectivity index is 1.97. The van der Waals surface area contributed by atoms with Crippen LogP contribution in [-0.2, 0) is 19.0 Å². The highest BCUT2D eigenvalue weighted by Crippen LogP contribution is 2.37. The second kappa shape index (κ2) is 3.41. The van der Waals surface area contributed by atoms with Crippen molar-refractivity contribution in [2.45, 2.75) is 50.7 Å². The number of aliphatic carboxylic acids is 1. The summed E-state index contributed by atoms with van der Waals surface area (Å²) in [6, 6.07) is 0. The predicted molar refractivity (Wildman–Crippen MR) is 47.0 cm³/mol. The molecule has 15 heavy (non-hydrogen) atoms. The molecule has 0 aliphatic carbocycles. The monoisotopic (exact) mass is 218 g/mol. The second-order valence-electron chi connectivity index (χ2n) is 4.24. The molecule has 2 fully saturated rings. The van der Waals surface area contributed by atoms with Crippen LogP contribution in [0.5, 0.6) is 0 Å². The van der Waals surface area contributed by atoms with E-state index < -0.39 is 30.3 Å². The van der Waals surface area contributed by atoms with Crippen molar-refractivity contribution in [2.75, 3.05) is 0 Å². The highest BCUT2D eigenvalue weighted by atomic mass is 16.8. The SMILES string of the molecule is CC1(C)OC2C[C@@H]([C@H](O)C(=O)O)O[C@@H]2O1. The molecule has 0 saturated carbocycles. The van der Waals surface area contributed by atoms with Gasteiger partial charge in [-0.05, 0) is 13.8 Å². The van der Waals surface area contributed by atoms with Crippen LogP contribution >= 0.6 is 0 Å². The molecule has 0 aromatic carbocycles. The normalized spacial score (nSPS) is 40.1. The number of ether oxygens (including phenoxy) is 3. The average molecular weight is 218 g/mol. The Hall–Kier alpha value is -0.690. The maximum Gasteiger partial charge on any atom is 0.335 e. The van der Waals surface area contributed by atoms with E-state index in [0.717, 1.165) is 0 Å². The third-order valence-electron chi connectivity index (χ3n) is 2.52. The van der Waals surface area contributed by atoms with Gasteiger partial charge in [-0.1, -0.05) is 0 Å². The summed E-state index contributed by atoms with van der Waals surface area (Å²) in [5.41, 5.74) is 0. The Morgan fingerprint density at radius 1 is 1.47 bits per heavy atom. The quantitative estimate of drug-likeness (QED) is 0.661. The zero-order chi connectivity index (χ0) is 11.2. The topological polar surface area (TPSA) is 85.2 Å². The van der Waals surface area contributed by atoms with Gasteiger partial charge in [0, 0.05) is 6.42 Å². The minimum atomic E-state index is -1.52. The van der Waals surface area contributed by atoms with Crippen molar-refractivity contribution in [1.82, 2.24) is 0 Å². The molecule has 4 atom stereocenters. The molecule has 2 heterocycles. The van der Waals surface area contributed by atoms with E-state index in [1.54, 1.807) is 13.8 Å². The zero-order valence-electron chi connectivity index (χ0n) is 8.54. The summed E-state index contributed by atoms with van der Waals surface area (Å²) in [4.78, 5) is 10.5. The molecule has 0 radical (unpaired) electrons. The Bertz CT molecular complexity index is 260. The lowest BCUT2D eigenvalue weighted by Gasteiger charge is -2.21. The summed E-state index contributed by atoms with van der Waals surface area (Å²) < 4.78 is 16.1. The van der Waals surface area contributed by atoms with Gasteiger partial charge >= 0.3 is 5.97 Å². The van der Waals surface area contributed by atoms with E-state index in [1.165, 1.54) is 0 Å². The van der Waals surface area contributed by atoms with E-state index in [1.807, 2.05) is 0 Å². The van der Waals surface area contributed by atoms with Crippen LogP contribution in [-0.4, -0.2) is 46.6 Å². The number of rotatable bonds is 2. The van der Waals surface area contributed by atoms with E-state index in [-0.39, 0.29) is 6.10 Å². The largest absolute Gasteiger partial charge is 0.479 e. The fourth-order valence-corrected chi connectivity index (χ4v) is 1.90. The standard InChI is InChI=1S/C9H14O6/c1-9(2)14-5-3-4(6(10)7(11)12)13-8(5)15-9/h4-6,8,10H,3H2,1-2H3,(H,11,12)/t4-,5?,6-,8+/m0/s1. The minimum Gasteiger partial charge on any atom is -0.479 e. The van der Waals surface area contributed by atoms with Crippen LogP contribution in [0.1, 0.15) is 20.3 Å². The van der Waals surface area contributed by atoms with Crippen molar-refractivity contribution >= 4 is 5.97 Å². The van der Waals surface area contributed by atoms with Gasteiger partial charge in [-0.25, -0.2) is 4.79 Å². The van der Waals surface area contributed by atoms with E-state index >= 15 is 0 Å². The van der Waals surface area contributed by atoms with Crippen LogP contribution in [0.25, 0.3) is 0 Å². The average Bonchev–Trinajstić information content (AvgIpc) is 2.55. The number of hydrogen-bond donors (Lipinski definition) is 2. The number of carboxylic acid groups (broad SMARTS) is 1. The summed E-state index contributed by atoms with van der Waals surface area (Å²) in [6.07, 6.45) is -2.81. The summed E-state index contributed by atoms with van der Waals surface area (Å²) in [7, 11) is 0. The van der Waals surface area contributed by atoms with E-state index in [2.05, 4.69) is 0 Å². The first-order chi connectivity index (χ1) is 6.89. The Kier molecular flexibility index (Phi) is 2.46. The van der Waals surface area contributed by atoms with Crippen LogP contribution < -0.4 is 0 Å². The smallest absolute Gasteiger partial charge is 0.335 e. The molecule has 2 rings (SSSR count). The molecule has 2 saturated heterocycles. The first kappa shape index (κ1) is 10.8. The van der Waals surface area contributed by atoms with Crippen molar-refractivity contribution in [1.29, 1.82) is 0 Å². The minimum absolute atomic E-state index is 0.293. The Morgan fingerprint density at radius 3 is 2.67 bits per heavy atom. The van der Waals surface area contributed by atoms with Gasteiger partial charge in [-0.3, -0.25) is 0 Å². The zero-order valence-corrected chi connectivity index (χ0v) is 8.54. The second-order valence-corrected chi connectivity index (χ2v) is 4.24. The number of aliphatic hydroxyl groups excluding tert-OH is 1. The van der Waals surface area contributed by atoms with Gasteiger partial charge in [0.25, 0.3) is 0 Å². The fraction of sp³-hybridized carbons (Fsp3) is 0.889. The van der Waals surface area contributed by atoms with Gasteiger partial charge in [-0.15, -0.1) is 0 Å². The van der Waals surface area contributed by atoms with E-state index in [9.17, 15) is 9.90 Å². The third kappa shape index (κ3) is 1.98. The number of fused-ring (bicyclic) bond motifs is 1. The fourth-order valence-electron chi connectivity index (χ4n) is 1.90. The number of carbonyl (C=O) groups is 1. The molecule has 2 aliphatic rings.